The Morgan fingerprint density at radius 3 is 2.03 bits per heavy atom. The zero-order valence-electron chi connectivity index (χ0n) is 20.3. The van der Waals surface area contributed by atoms with Gasteiger partial charge in [-0.15, -0.1) is 0 Å². The largest absolute Gasteiger partial charge is 0.497 e. The first-order valence-electron chi connectivity index (χ1n) is 12.0. The minimum Gasteiger partial charge on any atom is -0.497 e. The highest BCUT2D eigenvalue weighted by Gasteiger charge is 2.32. The molecule has 1 amide bonds. The number of amides is 1. The number of methoxy groups -OCH3 is 2. The maximum atomic E-state index is 13.3. The zero-order valence-corrected chi connectivity index (χ0v) is 20.3. The van der Waals surface area contributed by atoms with Crippen molar-refractivity contribution in [1.29, 1.82) is 0 Å². The van der Waals surface area contributed by atoms with Gasteiger partial charge in [0, 0.05) is 25.3 Å². The van der Waals surface area contributed by atoms with E-state index in [1.54, 1.807) is 14.2 Å². The van der Waals surface area contributed by atoms with Gasteiger partial charge < -0.3 is 14.8 Å². The Balaban J connectivity index is 1.51. The van der Waals surface area contributed by atoms with Gasteiger partial charge in [0.1, 0.15) is 11.5 Å². The molecule has 3 aromatic carbocycles. The Morgan fingerprint density at radius 1 is 0.853 bits per heavy atom. The molecule has 0 bridgehead atoms. The molecule has 0 saturated carbocycles. The number of carbonyl (C=O) groups excluding carboxylic acids is 1. The molecule has 178 valence electrons. The fourth-order valence-corrected chi connectivity index (χ4v) is 4.68. The monoisotopic (exact) mass is 458 g/mol. The first-order chi connectivity index (χ1) is 16.6. The third kappa shape index (κ3) is 5.97. The van der Waals surface area contributed by atoms with E-state index >= 15 is 0 Å². The number of nitrogens with zero attached hydrogens (tertiary/aromatic N) is 1. The van der Waals surface area contributed by atoms with Crippen molar-refractivity contribution in [2.45, 2.75) is 32.2 Å². The Morgan fingerprint density at radius 2 is 1.44 bits per heavy atom. The predicted octanol–water partition coefficient (Wildman–Crippen LogP) is 5.51. The lowest BCUT2D eigenvalue weighted by molar-refractivity contribution is -0.121. The highest BCUT2D eigenvalue weighted by Crippen LogP contribution is 2.32. The molecular weight excluding hydrogens is 424 g/mol. The quantitative estimate of drug-likeness (QED) is 0.484. The summed E-state index contributed by atoms with van der Waals surface area (Å²) in [5.74, 6) is 1.92. The van der Waals surface area contributed by atoms with Crippen LogP contribution in [0.5, 0.6) is 11.5 Å². The van der Waals surface area contributed by atoms with Crippen LogP contribution in [0.4, 0.5) is 5.69 Å². The second-order valence-electron chi connectivity index (χ2n) is 8.98. The number of hydrogen-bond acceptors (Lipinski definition) is 4. The summed E-state index contributed by atoms with van der Waals surface area (Å²) < 4.78 is 10.5. The number of ether oxygens (including phenoxy) is 2. The molecule has 0 aromatic heterocycles. The summed E-state index contributed by atoms with van der Waals surface area (Å²) in [6.45, 7) is 4.65. The third-order valence-electron chi connectivity index (χ3n) is 6.68. The maximum Gasteiger partial charge on any atom is 0.228 e. The van der Waals surface area contributed by atoms with Crippen LogP contribution in [0.2, 0.25) is 0 Å². The van der Waals surface area contributed by atoms with Gasteiger partial charge in [0.05, 0.1) is 20.1 Å². The summed E-state index contributed by atoms with van der Waals surface area (Å²) in [6.07, 6.45) is 1.87. The molecule has 5 heteroatoms. The van der Waals surface area contributed by atoms with Crippen molar-refractivity contribution in [2.24, 2.45) is 5.92 Å². The van der Waals surface area contributed by atoms with Crippen LogP contribution in [0.3, 0.4) is 0 Å². The number of rotatable bonds is 8. The average molecular weight is 459 g/mol. The fraction of sp³-hybridized carbons (Fsp3) is 0.345. The van der Waals surface area contributed by atoms with E-state index in [1.165, 1.54) is 16.7 Å². The van der Waals surface area contributed by atoms with Crippen LogP contribution in [0.15, 0.2) is 72.8 Å². The van der Waals surface area contributed by atoms with E-state index in [4.69, 9.17) is 9.47 Å². The zero-order chi connectivity index (χ0) is 23.9. The Bertz CT molecular complexity index is 1060. The number of aryl methyl sites for hydroxylation is 1. The van der Waals surface area contributed by atoms with Gasteiger partial charge in [0.2, 0.25) is 5.91 Å². The highest BCUT2D eigenvalue weighted by atomic mass is 16.5. The first-order valence-corrected chi connectivity index (χ1v) is 12.0. The summed E-state index contributed by atoms with van der Waals surface area (Å²) in [7, 11) is 3.32. The van der Waals surface area contributed by atoms with Gasteiger partial charge in [0.25, 0.3) is 0 Å². The molecule has 1 aliphatic heterocycles. The minimum atomic E-state index is -0.0926. The summed E-state index contributed by atoms with van der Waals surface area (Å²) in [4.78, 5) is 15.7. The van der Waals surface area contributed by atoms with Crippen molar-refractivity contribution in [1.82, 2.24) is 4.90 Å². The van der Waals surface area contributed by atoms with Crippen molar-refractivity contribution in [3.05, 3.63) is 89.5 Å². The van der Waals surface area contributed by atoms with Crippen LogP contribution >= 0.6 is 0 Å². The molecule has 0 aliphatic carbocycles. The van der Waals surface area contributed by atoms with E-state index < -0.39 is 0 Å². The predicted molar refractivity (Wildman–Crippen MR) is 137 cm³/mol. The summed E-state index contributed by atoms with van der Waals surface area (Å²) in [5.41, 5.74) is 4.65. The molecular formula is C29H34N2O3. The Hall–Kier alpha value is -3.31. The van der Waals surface area contributed by atoms with E-state index in [9.17, 15) is 4.79 Å². The highest BCUT2D eigenvalue weighted by molar-refractivity contribution is 5.92. The molecule has 0 spiro atoms. The van der Waals surface area contributed by atoms with Crippen molar-refractivity contribution in [3.8, 4) is 11.5 Å². The molecule has 0 radical (unpaired) electrons. The van der Waals surface area contributed by atoms with Crippen LogP contribution in [-0.2, 0) is 17.8 Å². The molecule has 0 unspecified atom stereocenters. The Kier molecular flexibility index (Phi) is 7.86. The van der Waals surface area contributed by atoms with Crippen LogP contribution in [0, 0.1) is 5.92 Å². The summed E-state index contributed by atoms with van der Waals surface area (Å²) >= 11 is 0. The van der Waals surface area contributed by atoms with Crippen molar-refractivity contribution >= 4 is 11.6 Å². The van der Waals surface area contributed by atoms with Crippen LogP contribution in [0.1, 0.15) is 36.0 Å². The SMILES string of the molecule is CCc1ccc([C@@H]2C[C@@H](C(=O)Nc3ccc(OC)cc3)CN(Cc3ccc(OC)cc3)C2)cc1. The molecule has 2 atom stereocenters. The standard InChI is InChI=1S/C29H34N2O3/c1-4-21-5-9-23(10-6-21)24-17-25(29(32)30-26-11-15-28(34-3)16-12-26)20-31(19-24)18-22-7-13-27(33-2)14-8-22/h5-16,24-25H,4,17-20H2,1-3H3,(H,30,32)/t24-,25-/m1/s1. The molecule has 34 heavy (non-hydrogen) atoms. The molecule has 4 rings (SSSR count). The number of nitrogens with one attached hydrogen (secondary N) is 1. The number of carbonyl (C=O) groups is 1. The molecule has 1 heterocycles. The number of anilines is 1. The van der Waals surface area contributed by atoms with Gasteiger partial charge in [-0.2, -0.15) is 0 Å². The summed E-state index contributed by atoms with van der Waals surface area (Å²) in [6, 6.07) is 24.6. The normalized spacial score (nSPS) is 18.3. The second-order valence-corrected chi connectivity index (χ2v) is 8.98. The van der Waals surface area contributed by atoms with Gasteiger partial charge in [0.15, 0.2) is 0 Å². The van der Waals surface area contributed by atoms with E-state index in [0.29, 0.717) is 5.92 Å². The van der Waals surface area contributed by atoms with Crippen LogP contribution in [-0.4, -0.2) is 38.1 Å². The van der Waals surface area contributed by atoms with E-state index in [2.05, 4.69) is 53.5 Å². The lowest BCUT2D eigenvalue weighted by atomic mass is 9.83. The average Bonchev–Trinajstić information content (AvgIpc) is 2.89. The topological polar surface area (TPSA) is 50.8 Å². The molecule has 1 N–H and O–H groups in total. The second kappa shape index (κ2) is 11.2. The molecule has 1 aliphatic rings. The molecule has 1 saturated heterocycles. The lowest BCUT2D eigenvalue weighted by Crippen LogP contribution is -2.43. The molecule has 3 aromatic rings. The van der Waals surface area contributed by atoms with Gasteiger partial charge >= 0.3 is 0 Å². The van der Waals surface area contributed by atoms with E-state index in [1.807, 2.05) is 36.4 Å². The molecule has 5 nitrogen and oxygen atoms in total. The summed E-state index contributed by atoms with van der Waals surface area (Å²) in [5, 5.41) is 3.12. The fourth-order valence-electron chi connectivity index (χ4n) is 4.68. The van der Waals surface area contributed by atoms with E-state index in [0.717, 1.165) is 49.7 Å². The lowest BCUT2D eigenvalue weighted by Gasteiger charge is -2.37. The van der Waals surface area contributed by atoms with Crippen molar-refractivity contribution in [3.63, 3.8) is 0 Å². The van der Waals surface area contributed by atoms with Crippen LogP contribution < -0.4 is 14.8 Å². The van der Waals surface area contributed by atoms with Gasteiger partial charge in [-0.25, -0.2) is 0 Å². The van der Waals surface area contributed by atoms with Crippen LogP contribution in [0.25, 0.3) is 0 Å². The number of likely N-dealkylation sites (tertiary alicyclic amines) is 1. The third-order valence-corrected chi connectivity index (χ3v) is 6.68. The minimum absolute atomic E-state index is 0.0692. The van der Waals surface area contributed by atoms with Gasteiger partial charge in [-0.05, 0) is 71.8 Å². The Labute approximate surface area is 202 Å². The maximum absolute atomic E-state index is 13.3. The molecule has 1 fully saturated rings. The number of benzene rings is 3. The van der Waals surface area contributed by atoms with Gasteiger partial charge in [-0.1, -0.05) is 43.3 Å². The smallest absolute Gasteiger partial charge is 0.228 e. The van der Waals surface area contributed by atoms with Gasteiger partial charge in [-0.3, -0.25) is 9.69 Å². The first kappa shape index (κ1) is 23.8. The number of hydrogen-bond donors (Lipinski definition) is 1. The number of piperidine rings is 1. The van der Waals surface area contributed by atoms with Crippen molar-refractivity contribution < 1.29 is 14.3 Å². The van der Waals surface area contributed by atoms with E-state index in [-0.39, 0.29) is 11.8 Å². The van der Waals surface area contributed by atoms with Crippen molar-refractivity contribution in [2.75, 3.05) is 32.6 Å².